The lowest BCUT2D eigenvalue weighted by Gasteiger charge is -2.66. The van der Waals surface area contributed by atoms with Gasteiger partial charge in [0.1, 0.15) is 17.1 Å². The molecule has 2 aromatic rings. The molecule has 282 valence electrons. The van der Waals surface area contributed by atoms with E-state index in [1.807, 2.05) is 69.9 Å². The van der Waals surface area contributed by atoms with Crippen LogP contribution in [0, 0.1) is 17.3 Å². The fourth-order valence-corrected chi connectivity index (χ4v) is 12.8. The Kier molecular flexibility index (Phi) is 8.20. The second-order valence-corrected chi connectivity index (χ2v) is 24.7. The second-order valence-electron chi connectivity index (χ2n) is 20.0. The number of hydrogen-bond acceptors (Lipinski definition) is 6. The first-order valence-electron chi connectivity index (χ1n) is 19.9. The van der Waals surface area contributed by atoms with Crippen molar-refractivity contribution in [1.29, 1.82) is 0 Å². The molecule has 8 nitrogen and oxygen atoms in total. The molecule has 8 rings (SSSR count). The summed E-state index contributed by atoms with van der Waals surface area (Å²) in [6.07, 6.45) is 5.05. The first-order chi connectivity index (χ1) is 24.3. The van der Waals surface area contributed by atoms with Gasteiger partial charge in [-0.2, -0.15) is 0 Å². The highest BCUT2D eigenvalue weighted by molar-refractivity contribution is 6.74. The highest BCUT2D eigenvalue weighted by atomic mass is 28.4. The van der Waals surface area contributed by atoms with Gasteiger partial charge in [-0.25, -0.2) is 4.79 Å². The molecule has 6 aliphatic rings. The molecule has 5 unspecified atom stereocenters. The Morgan fingerprint density at radius 2 is 1.73 bits per heavy atom. The van der Waals surface area contributed by atoms with E-state index in [0.29, 0.717) is 24.5 Å². The molecule has 0 aromatic heterocycles. The van der Waals surface area contributed by atoms with Crippen molar-refractivity contribution in [2.45, 2.75) is 140 Å². The van der Waals surface area contributed by atoms with Crippen LogP contribution >= 0.6 is 0 Å². The number of piperidine rings is 1. The first kappa shape index (κ1) is 36.1. The molecule has 0 N–H and O–H groups in total. The van der Waals surface area contributed by atoms with Crippen LogP contribution in [0.25, 0.3) is 0 Å². The van der Waals surface area contributed by atoms with E-state index in [1.165, 1.54) is 11.1 Å². The minimum atomic E-state index is -2.06. The molecule has 9 heteroatoms. The Hall–Kier alpha value is -2.88. The smallest absolute Gasteiger partial charge is 0.412 e. The van der Waals surface area contributed by atoms with Crippen LogP contribution in [-0.2, 0) is 21.3 Å². The standard InChI is InChI=1S/C43H61N3O5Si/c1-39(2,3)50-38(48)46-31(27-49-41(46,7)8)26-44-21-20-43-33-23-32(51-52(9,10)40(4,5)6)17-16-29(33)22-35(44)42(43)19-18-34-36(43)30(24-42)25-45(34)37(47)28-14-12-11-13-15-28/h11-17,23,30-31,34-36H,18-22,24-27H2,1-10H3/t30-,31-,34?,35?,36?,42?,43?/m1/s1. The summed E-state index contributed by atoms with van der Waals surface area (Å²) in [5.74, 6) is 2.09. The second kappa shape index (κ2) is 11.8. The topological polar surface area (TPSA) is 71.6 Å². The number of carbonyl (C=O) groups excluding carboxylic acids is 2. The summed E-state index contributed by atoms with van der Waals surface area (Å²) in [6, 6.07) is 17.5. The molecule has 2 saturated carbocycles. The molecule has 7 atom stereocenters. The van der Waals surface area contributed by atoms with Gasteiger partial charge in [-0.3, -0.25) is 14.6 Å². The molecular formula is C43H61N3O5Si. The number of rotatable bonds is 5. The number of ether oxygens (including phenoxy) is 2. The van der Waals surface area contributed by atoms with Crippen LogP contribution in [0.3, 0.4) is 0 Å². The summed E-state index contributed by atoms with van der Waals surface area (Å²) < 4.78 is 19.3. The van der Waals surface area contributed by atoms with Gasteiger partial charge in [0.05, 0.1) is 12.6 Å². The van der Waals surface area contributed by atoms with Crippen LogP contribution in [0.4, 0.5) is 4.79 Å². The molecule has 3 heterocycles. The summed E-state index contributed by atoms with van der Waals surface area (Å²) >= 11 is 0. The maximum Gasteiger partial charge on any atom is 0.412 e. The number of benzene rings is 2. The van der Waals surface area contributed by atoms with Gasteiger partial charge in [0, 0.05) is 36.2 Å². The van der Waals surface area contributed by atoms with Crippen LogP contribution in [0.15, 0.2) is 48.5 Å². The van der Waals surface area contributed by atoms with Crippen molar-refractivity contribution in [3.63, 3.8) is 0 Å². The molecule has 0 spiro atoms. The normalized spacial score (nSPS) is 33.5. The average molecular weight is 728 g/mol. The SMILES string of the molecule is CC(C)(C)OC(=O)N1[C@H](CN2CCC34c5cc(O[Si](C)(C)C(C)(C)C)ccc5CC2C32CCC3C4[C@@H](CN3C(=O)c3ccccc3)C2)COC1(C)C. The Labute approximate surface area is 312 Å². The Bertz CT molecular complexity index is 1750. The summed E-state index contributed by atoms with van der Waals surface area (Å²) in [6.45, 7) is 24.4. The molecule has 5 fully saturated rings. The molecule has 2 aromatic carbocycles. The summed E-state index contributed by atoms with van der Waals surface area (Å²) in [5, 5.41) is 0.103. The van der Waals surface area contributed by atoms with Crippen LogP contribution in [0.2, 0.25) is 18.1 Å². The fraction of sp³-hybridized carbons (Fsp3) is 0.674. The zero-order chi connectivity index (χ0) is 37.2. The molecular weight excluding hydrogens is 667 g/mol. The van der Waals surface area contributed by atoms with Crippen LogP contribution in [-0.4, -0.2) is 90.7 Å². The molecule has 0 radical (unpaired) electrons. The monoisotopic (exact) mass is 727 g/mol. The van der Waals surface area contributed by atoms with Crippen LogP contribution in [0.1, 0.15) is 103 Å². The molecule has 3 saturated heterocycles. The van der Waals surface area contributed by atoms with E-state index >= 15 is 0 Å². The zero-order valence-corrected chi connectivity index (χ0v) is 34.3. The third kappa shape index (κ3) is 5.33. The quantitative estimate of drug-likeness (QED) is 0.289. The molecule has 52 heavy (non-hydrogen) atoms. The number of likely N-dealkylation sites (tertiary alicyclic amines) is 2. The van der Waals surface area contributed by atoms with Crippen molar-refractivity contribution in [2.24, 2.45) is 17.3 Å². The Morgan fingerprint density at radius 3 is 2.42 bits per heavy atom. The van der Waals surface area contributed by atoms with Crippen molar-refractivity contribution in [2.75, 3.05) is 26.2 Å². The van der Waals surface area contributed by atoms with Gasteiger partial charge in [0.2, 0.25) is 8.32 Å². The van der Waals surface area contributed by atoms with E-state index in [1.54, 1.807) is 0 Å². The number of fused-ring (bicyclic) bond motifs is 1. The highest BCUT2D eigenvalue weighted by Crippen LogP contribution is 2.75. The van der Waals surface area contributed by atoms with Gasteiger partial charge >= 0.3 is 6.09 Å². The van der Waals surface area contributed by atoms with Gasteiger partial charge in [0.25, 0.3) is 5.91 Å². The third-order valence-corrected chi connectivity index (χ3v) is 19.0. The van der Waals surface area contributed by atoms with Crippen molar-refractivity contribution in [1.82, 2.24) is 14.7 Å². The van der Waals surface area contributed by atoms with Gasteiger partial charge in [-0.1, -0.05) is 45.0 Å². The fourth-order valence-electron chi connectivity index (χ4n) is 11.8. The average Bonchev–Trinajstić information content (AvgIpc) is 3.62. The lowest BCUT2D eigenvalue weighted by Crippen LogP contribution is -2.70. The van der Waals surface area contributed by atoms with Crippen LogP contribution in [0.5, 0.6) is 5.75 Å². The van der Waals surface area contributed by atoms with Crippen molar-refractivity contribution < 1.29 is 23.5 Å². The van der Waals surface area contributed by atoms with Gasteiger partial charge < -0.3 is 18.8 Å². The first-order valence-corrected chi connectivity index (χ1v) is 22.8. The Balaban J connectivity index is 1.18. The molecule has 3 aliphatic heterocycles. The summed E-state index contributed by atoms with van der Waals surface area (Å²) in [7, 11) is -2.06. The van der Waals surface area contributed by atoms with E-state index < -0.39 is 19.6 Å². The maximum atomic E-state index is 14.2. The van der Waals surface area contributed by atoms with Gasteiger partial charge in [0.15, 0.2) is 0 Å². The van der Waals surface area contributed by atoms with E-state index in [4.69, 9.17) is 13.9 Å². The van der Waals surface area contributed by atoms with E-state index in [-0.39, 0.29) is 40.0 Å². The summed E-state index contributed by atoms with van der Waals surface area (Å²) in [4.78, 5) is 34.7. The number of nitrogens with zero attached hydrogens (tertiary/aromatic N) is 3. The van der Waals surface area contributed by atoms with Crippen molar-refractivity contribution >= 4 is 20.3 Å². The maximum absolute atomic E-state index is 14.2. The highest BCUT2D eigenvalue weighted by Gasteiger charge is 2.76. The minimum Gasteiger partial charge on any atom is -0.543 e. The number of amides is 2. The lowest BCUT2D eigenvalue weighted by atomic mass is 9.43. The van der Waals surface area contributed by atoms with Crippen LogP contribution < -0.4 is 4.43 Å². The largest absolute Gasteiger partial charge is 0.543 e. The van der Waals surface area contributed by atoms with Crippen molar-refractivity contribution in [3.05, 3.63) is 65.2 Å². The predicted molar refractivity (Wildman–Crippen MR) is 206 cm³/mol. The Morgan fingerprint density at radius 1 is 1.00 bits per heavy atom. The van der Waals surface area contributed by atoms with E-state index in [9.17, 15) is 9.59 Å². The van der Waals surface area contributed by atoms with E-state index in [2.05, 4.69) is 61.9 Å². The van der Waals surface area contributed by atoms with Gasteiger partial charge in [-0.15, -0.1) is 0 Å². The summed E-state index contributed by atoms with van der Waals surface area (Å²) in [5.41, 5.74) is 2.51. The zero-order valence-electron chi connectivity index (χ0n) is 33.3. The number of hydrogen-bond donors (Lipinski definition) is 0. The molecule has 4 bridgehead atoms. The lowest BCUT2D eigenvalue weighted by molar-refractivity contribution is -0.107. The minimum absolute atomic E-state index is 0.0237. The van der Waals surface area contributed by atoms with E-state index in [0.717, 1.165) is 63.1 Å². The van der Waals surface area contributed by atoms with Crippen molar-refractivity contribution in [3.8, 4) is 5.75 Å². The third-order valence-electron chi connectivity index (χ3n) is 14.6. The molecule has 2 amide bonds. The molecule has 3 aliphatic carbocycles. The number of carbonyl (C=O) groups is 2. The predicted octanol–water partition coefficient (Wildman–Crippen LogP) is 8.25. The van der Waals surface area contributed by atoms with Gasteiger partial charge in [-0.05, 0) is 144 Å².